The van der Waals surface area contributed by atoms with Crippen LogP contribution in [0.15, 0.2) is 36.7 Å². The van der Waals surface area contributed by atoms with Gasteiger partial charge >= 0.3 is 0 Å². The maximum absolute atomic E-state index is 13.0. The Bertz CT molecular complexity index is 851. The van der Waals surface area contributed by atoms with Crippen molar-refractivity contribution in [2.24, 2.45) is 13.0 Å². The van der Waals surface area contributed by atoms with E-state index in [1.807, 2.05) is 31.3 Å². The number of hydrogen-bond acceptors (Lipinski definition) is 4. The Kier molecular flexibility index (Phi) is 5.98. The van der Waals surface area contributed by atoms with Gasteiger partial charge in [0.05, 0.1) is 5.60 Å². The highest BCUT2D eigenvalue weighted by Gasteiger charge is 2.31. The maximum Gasteiger partial charge on any atom is 0.253 e. The number of imidazole rings is 1. The van der Waals surface area contributed by atoms with Gasteiger partial charge in [-0.25, -0.2) is 4.98 Å². The van der Waals surface area contributed by atoms with Crippen molar-refractivity contribution in [2.45, 2.75) is 45.1 Å². The van der Waals surface area contributed by atoms with Gasteiger partial charge in [0.1, 0.15) is 0 Å². The molecule has 0 saturated carbocycles. The van der Waals surface area contributed by atoms with Crippen LogP contribution >= 0.6 is 0 Å². The quantitative estimate of drug-likeness (QED) is 0.779. The zero-order valence-corrected chi connectivity index (χ0v) is 16.9. The van der Waals surface area contributed by atoms with Crippen molar-refractivity contribution in [3.05, 3.63) is 53.6 Å². The van der Waals surface area contributed by atoms with Crippen molar-refractivity contribution in [1.29, 1.82) is 0 Å². The van der Waals surface area contributed by atoms with Crippen LogP contribution in [0.5, 0.6) is 0 Å². The molecule has 0 bridgehead atoms. The summed E-state index contributed by atoms with van der Waals surface area (Å²) < 4.78 is 1.73. The van der Waals surface area contributed by atoms with E-state index < -0.39 is 5.60 Å². The van der Waals surface area contributed by atoms with Crippen molar-refractivity contribution < 1.29 is 14.7 Å². The topological polar surface area (TPSA) is 75.4 Å². The second-order valence-corrected chi connectivity index (χ2v) is 8.33. The molecule has 0 spiro atoms. The number of amides is 1. The Labute approximate surface area is 166 Å². The second kappa shape index (κ2) is 8.27. The first-order valence-corrected chi connectivity index (χ1v) is 9.87. The third-order valence-electron chi connectivity index (χ3n) is 5.32. The van der Waals surface area contributed by atoms with E-state index in [1.165, 1.54) is 0 Å². The highest BCUT2D eigenvalue weighted by Crippen LogP contribution is 2.22. The van der Waals surface area contributed by atoms with Gasteiger partial charge in [-0.2, -0.15) is 0 Å². The first-order chi connectivity index (χ1) is 13.2. The van der Waals surface area contributed by atoms with E-state index in [-0.39, 0.29) is 17.6 Å². The standard InChI is InChI=1S/C22H29N3O3/c1-22(2,28)10-9-16-6-4-7-17(14-16)21(27)25-12-5-8-18(15-25)19(26)20-23-11-13-24(20)3/h4,6-7,11,13-14,18,28H,5,8-10,12,15H2,1-3H3/t18-/m0/s1. The monoisotopic (exact) mass is 383 g/mol. The van der Waals surface area contributed by atoms with Crippen LogP contribution in [-0.2, 0) is 13.5 Å². The smallest absolute Gasteiger partial charge is 0.253 e. The third kappa shape index (κ3) is 4.87. The summed E-state index contributed by atoms with van der Waals surface area (Å²) in [6.07, 6.45) is 6.32. The molecule has 1 saturated heterocycles. The van der Waals surface area contributed by atoms with Gasteiger partial charge in [0.25, 0.3) is 5.91 Å². The molecule has 6 nitrogen and oxygen atoms in total. The molecule has 0 unspecified atom stereocenters. The number of carbonyl (C=O) groups excluding carboxylic acids is 2. The van der Waals surface area contributed by atoms with Crippen molar-refractivity contribution >= 4 is 11.7 Å². The SMILES string of the molecule is Cn1ccnc1C(=O)[C@H]1CCCN(C(=O)c2cccc(CCC(C)(C)O)c2)C1. The summed E-state index contributed by atoms with van der Waals surface area (Å²) in [5, 5.41) is 9.93. The summed E-state index contributed by atoms with van der Waals surface area (Å²) >= 11 is 0. The van der Waals surface area contributed by atoms with Gasteiger partial charge in [-0.15, -0.1) is 0 Å². The van der Waals surface area contributed by atoms with Crippen molar-refractivity contribution in [2.75, 3.05) is 13.1 Å². The van der Waals surface area contributed by atoms with Crippen molar-refractivity contribution in [1.82, 2.24) is 14.5 Å². The van der Waals surface area contributed by atoms with Crippen molar-refractivity contribution in [3.63, 3.8) is 0 Å². The number of benzene rings is 1. The predicted molar refractivity (Wildman–Crippen MR) is 107 cm³/mol. The average Bonchev–Trinajstić information content (AvgIpc) is 3.11. The van der Waals surface area contributed by atoms with Crippen LogP contribution in [0.3, 0.4) is 0 Å². The van der Waals surface area contributed by atoms with Crippen LogP contribution in [0.1, 0.15) is 59.7 Å². The minimum atomic E-state index is -0.731. The molecule has 2 heterocycles. The zero-order valence-electron chi connectivity index (χ0n) is 16.9. The average molecular weight is 383 g/mol. The number of likely N-dealkylation sites (tertiary alicyclic amines) is 1. The van der Waals surface area contributed by atoms with Gasteiger partial charge < -0.3 is 14.6 Å². The van der Waals surface area contributed by atoms with E-state index in [2.05, 4.69) is 4.98 Å². The van der Waals surface area contributed by atoms with E-state index in [1.54, 1.807) is 35.7 Å². The van der Waals surface area contributed by atoms with Crippen molar-refractivity contribution in [3.8, 4) is 0 Å². The molecule has 1 atom stereocenters. The Morgan fingerprint density at radius 3 is 2.79 bits per heavy atom. The number of aromatic nitrogens is 2. The fourth-order valence-electron chi connectivity index (χ4n) is 3.65. The van der Waals surface area contributed by atoms with Gasteiger partial charge in [0, 0.05) is 44.0 Å². The fraction of sp³-hybridized carbons (Fsp3) is 0.500. The Hall–Kier alpha value is -2.47. The number of nitrogens with zero attached hydrogens (tertiary/aromatic N) is 3. The molecule has 1 aliphatic heterocycles. The summed E-state index contributed by atoms with van der Waals surface area (Å²) in [7, 11) is 1.81. The van der Waals surface area contributed by atoms with Crippen LogP contribution in [0.2, 0.25) is 0 Å². The van der Waals surface area contributed by atoms with E-state index >= 15 is 0 Å². The van der Waals surface area contributed by atoms with Crippen LogP contribution in [-0.4, -0.2) is 49.9 Å². The Balaban J connectivity index is 1.68. The molecule has 0 radical (unpaired) electrons. The van der Waals surface area contributed by atoms with E-state index in [0.717, 1.165) is 18.4 Å². The molecule has 1 N–H and O–H groups in total. The molecule has 1 aromatic heterocycles. The minimum absolute atomic E-state index is 0.00364. The fourth-order valence-corrected chi connectivity index (χ4v) is 3.65. The van der Waals surface area contributed by atoms with Crippen LogP contribution in [0.4, 0.5) is 0 Å². The normalized spacial score (nSPS) is 17.6. The molecular weight excluding hydrogens is 354 g/mol. The number of aliphatic hydroxyl groups is 1. The minimum Gasteiger partial charge on any atom is -0.390 e. The summed E-state index contributed by atoms with van der Waals surface area (Å²) in [4.78, 5) is 31.7. The van der Waals surface area contributed by atoms with Gasteiger partial charge in [-0.1, -0.05) is 12.1 Å². The third-order valence-corrected chi connectivity index (χ3v) is 5.32. The van der Waals surface area contributed by atoms with E-state index in [0.29, 0.717) is 37.3 Å². The summed E-state index contributed by atoms with van der Waals surface area (Å²) in [6.45, 7) is 4.67. The molecule has 6 heteroatoms. The second-order valence-electron chi connectivity index (χ2n) is 8.33. The number of ketones is 1. The predicted octanol–water partition coefficient (Wildman–Crippen LogP) is 2.86. The molecular formula is C22H29N3O3. The Morgan fingerprint density at radius 2 is 2.11 bits per heavy atom. The van der Waals surface area contributed by atoms with Crippen LogP contribution in [0, 0.1) is 5.92 Å². The molecule has 1 aliphatic rings. The number of hydrogen-bond donors (Lipinski definition) is 1. The molecule has 1 fully saturated rings. The van der Waals surface area contributed by atoms with E-state index in [4.69, 9.17) is 0 Å². The summed E-state index contributed by atoms with van der Waals surface area (Å²) in [5.74, 6) is 0.205. The highest BCUT2D eigenvalue weighted by molar-refractivity contribution is 5.97. The molecule has 1 amide bonds. The van der Waals surface area contributed by atoms with E-state index in [9.17, 15) is 14.7 Å². The summed E-state index contributed by atoms with van der Waals surface area (Å²) in [5.41, 5.74) is 0.940. The number of aryl methyl sites for hydroxylation is 2. The molecule has 28 heavy (non-hydrogen) atoms. The van der Waals surface area contributed by atoms with Gasteiger partial charge in [0.2, 0.25) is 5.78 Å². The van der Waals surface area contributed by atoms with Gasteiger partial charge in [-0.3, -0.25) is 9.59 Å². The summed E-state index contributed by atoms with van der Waals surface area (Å²) in [6, 6.07) is 7.58. The maximum atomic E-state index is 13.0. The number of carbonyl (C=O) groups is 2. The zero-order chi connectivity index (χ0) is 20.3. The first kappa shape index (κ1) is 20.3. The molecule has 3 rings (SSSR count). The lowest BCUT2D eigenvalue weighted by atomic mass is 9.92. The van der Waals surface area contributed by atoms with Crippen LogP contribution < -0.4 is 0 Å². The lowest BCUT2D eigenvalue weighted by molar-refractivity contribution is 0.0632. The number of piperidine rings is 1. The molecule has 2 aromatic rings. The number of Topliss-reactive ketones (excluding diaryl/α,β-unsaturated/α-hetero) is 1. The lowest BCUT2D eigenvalue weighted by Crippen LogP contribution is -2.42. The highest BCUT2D eigenvalue weighted by atomic mass is 16.3. The molecule has 1 aromatic carbocycles. The molecule has 150 valence electrons. The van der Waals surface area contributed by atoms with Gasteiger partial charge in [-0.05, 0) is 57.2 Å². The van der Waals surface area contributed by atoms with Gasteiger partial charge in [0.15, 0.2) is 5.82 Å². The Morgan fingerprint density at radius 1 is 1.32 bits per heavy atom. The first-order valence-electron chi connectivity index (χ1n) is 9.87. The van der Waals surface area contributed by atoms with Crippen LogP contribution in [0.25, 0.3) is 0 Å². The largest absolute Gasteiger partial charge is 0.390 e. The molecule has 0 aliphatic carbocycles. The number of rotatable bonds is 6. The lowest BCUT2D eigenvalue weighted by Gasteiger charge is -2.32.